The molecule has 1 aliphatic heterocycles. The summed E-state index contributed by atoms with van der Waals surface area (Å²) in [7, 11) is 1.34. The summed E-state index contributed by atoms with van der Waals surface area (Å²) < 4.78 is 16.0. The van der Waals surface area contributed by atoms with Crippen LogP contribution in [-0.4, -0.2) is 31.9 Å². The Kier molecular flexibility index (Phi) is 4.27. The number of ether oxygens (including phenoxy) is 3. The van der Waals surface area contributed by atoms with Crippen LogP contribution in [-0.2, 0) is 9.47 Å². The molecule has 1 aliphatic rings. The van der Waals surface area contributed by atoms with Crippen molar-refractivity contribution in [2.24, 2.45) is 0 Å². The average Bonchev–Trinajstić information content (AvgIpc) is 2.81. The van der Waals surface area contributed by atoms with Gasteiger partial charge in [0.15, 0.2) is 0 Å². The first-order chi connectivity index (χ1) is 9.10. The first-order valence-corrected chi connectivity index (χ1v) is 6.36. The van der Waals surface area contributed by atoms with Crippen LogP contribution in [0.25, 0.3) is 0 Å². The van der Waals surface area contributed by atoms with Crippen LogP contribution in [0.4, 0.5) is 5.69 Å². The third-order valence-electron chi connectivity index (χ3n) is 3.16. The molecule has 1 saturated heterocycles. The Bertz CT molecular complexity index is 461. The zero-order valence-electron chi connectivity index (χ0n) is 11.2. The zero-order valence-corrected chi connectivity index (χ0v) is 11.2. The van der Waals surface area contributed by atoms with Gasteiger partial charge < -0.3 is 19.9 Å². The summed E-state index contributed by atoms with van der Waals surface area (Å²) in [6.45, 7) is 2.46. The van der Waals surface area contributed by atoms with E-state index >= 15 is 0 Å². The molecule has 0 spiro atoms. The van der Waals surface area contributed by atoms with E-state index in [1.807, 2.05) is 6.92 Å². The fraction of sp³-hybridized carbons (Fsp3) is 0.500. The molecular formula is C14H19NO4. The Hall–Kier alpha value is -1.75. The minimum Gasteiger partial charge on any atom is -0.490 e. The van der Waals surface area contributed by atoms with Gasteiger partial charge in [0, 0.05) is 11.8 Å². The molecule has 1 aromatic carbocycles. The fourth-order valence-electron chi connectivity index (χ4n) is 2.13. The highest BCUT2D eigenvalue weighted by Crippen LogP contribution is 2.25. The molecule has 0 aliphatic carbocycles. The Morgan fingerprint density at radius 3 is 2.89 bits per heavy atom. The number of esters is 1. The Labute approximate surface area is 112 Å². The number of nitrogen functional groups attached to an aromatic ring is 1. The number of methoxy groups -OCH3 is 1. The summed E-state index contributed by atoms with van der Waals surface area (Å²) >= 11 is 0. The normalized spacial score (nSPS) is 22.2. The number of nitrogens with two attached hydrogens (primary N) is 1. The van der Waals surface area contributed by atoms with E-state index in [1.54, 1.807) is 18.2 Å². The van der Waals surface area contributed by atoms with Gasteiger partial charge >= 0.3 is 5.97 Å². The van der Waals surface area contributed by atoms with Gasteiger partial charge in [-0.1, -0.05) is 0 Å². The van der Waals surface area contributed by atoms with Gasteiger partial charge in [-0.05, 0) is 31.9 Å². The predicted octanol–water partition coefficient (Wildman–Crippen LogP) is 2.00. The molecule has 1 heterocycles. The maximum absolute atomic E-state index is 11.6. The molecule has 1 fully saturated rings. The van der Waals surface area contributed by atoms with Crippen molar-refractivity contribution in [2.45, 2.75) is 32.0 Å². The van der Waals surface area contributed by atoms with Crippen molar-refractivity contribution < 1.29 is 19.0 Å². The van der Waals surface area contributed by atoms with Crippen molar-refractivity contribution in [3.8, 4) is 5.75 Å². The Morgan fingerprint density at radius 2 is 2.26 bits per heavy atom. The molecule has 2 unspecified atom stereocenters. The van der Waals surface area contributed by atoms with Crippen molar-refractivity contribution >= 4 is 11.7 Å². The van der Waals surface area contributed by atoms with Gasteiger partial charge in [0.1, 0.15) is 17.9 Å². The largest absolute Gasteiger partial charge is 0.490 e. The first-order valence-electron chi connectivity index (χ1n) is 6.36. The number of benzene rings is 1. The van der Waals surface area contributed by atoms with E-state index in [2.05, 4.69) is 0 Å². The third kappa shape index (κ3) is 3.38. The van der Waals surface area contributed by atoms with Gasteiger partial charge in [-0.15, -0.1) is 0 Å². The lowest BCUT2D eigenvalue weighted by Crippen LogP contribution is -2.19. The molecule has 0 amide bonds. The summed E-state index contributed by atoms with van der Waals surface area (Å²) in [6.07, 6.45) is 2.35. The lowest BCUT2D eigenvalue weighted by molar-refractivity contribution is 0.0257. The topological polar surface area (TPSA) is 70.8 Å². The van der Waals surface area contributed by atoms with Gasteiger partial charge in [-0.3, -0.25) is 0 Å². The molecule has 5 heteroatoms. The highest BCUT2D eigenvalue weighted by atomic mass is 16.5. The lowest BCUT2D eigenvalue weighted by Gasteiger charge is -2.15. The first kappa shape index (κ1) is 13.7. The molecule has 104 valence electrons. The zero-order chi connectivity index (χ0) is 13.8. The van der Waals surface area contributed by atoms with Crippen LogP contribution in [0.1, 0.15) is 30.1 Å². The fourth-order valence-corrected chi connectivity index (χ4v) is 2.13. The van der Waals surface area contributed by atoms with E-state index in [0.29, 0.717) is 23.6 Å². The highest BCUT2D eigenvalue weighted by molar-refractivity contribution is 5.93. The van der Waals surface area contributed by atoms with E-state index in [-0.39, 0.29) is 12.2 Å². The molecule has 2 N–H and O–H groups in total. The van der Waals surface area contributed by atoms with Gasteiger partial charge in [0.2, 0.25) is 0 Å². The summed E-state index contributed by atoms with van der Waals surface area (Å²) in [6, 6.07) is 4.88. The van der Waals surface area contributed by atoms with Crippen molar-refractivity contribution in [1.29, 1.82) is 0 Å². The molecule has 5 nitrogen and oxygen atoms in total. The lowest BCUT2D eigenvalue weighted by atomic mass is 10.2. The molecule has 2 rings (SSSR count). The van der Waals surface area contributed by atoms with E-state index in [4.69, 9.17) is 19.9 Å². The molecule has 1 aromatic rings. The molecule has 0 radical (unpaired) electrons. The maximum Gasteiger partial charge on any atom is 0.341 e. The summed E-state index contributed by atoms with van der Waals surface area (Å²) in [5.41, 5.74) is 6.63. The van der Waals surface area contributed by atoms with Crippen LogP contribution in [0.2, 0.25) is 0 Å². The van der Waals surface area contributed by atoms with Crippen LogP contribution in [0.15, 0.2) is 18.2 Å². The van der Waals surface area contributed by atoms with E-state index in [1.165, 1.54) is 7.11 Å². The number of carbonyl (C=O) groups is 1. The van der Waals surface area contributed by atoms with E-state index in [9.17, 15) is 4.79 Å². The number of rotatable bonds is 4. The van der Waals surface area contributed by atoms with Crippen LogP contribution < -0.4 is 10.5 Å². The second-order valence-electron chi connectivity index (χ2n) is 4.70. The number of carbonyl (C=O) groups excluding carboxylic acids is 1. The maximum atomic E-state index is 11.6. The van der Waals surface area contributed by atoms with Crippen LogP contribution in [0.3, 0.4) is 0 Å². The van der Waals surface area contributed by atoms with Crippen LogP contribution in [0.5, 0.6) is 5.75 Å². The molecular weight excluding hydrogens is 246 g/mol. The van der Waals surface area contributed by atoms with Gasteiger partial charge in [-0.25, -0.2) is 4.79 Å². The van der Waals surface area contributed by atoms with Crippen molar-refractivity contribution in [3.05, 3.63) is 23.8 Å². The minimum atomic E-state index is -0.435. The Morgan fingerprint density at radius 1 is 1.47 bits per heavy atom. The molecule has 0 bridgehead atoms. The van der Waals surface area contributed by atoms with Gasteiger partial charge in [0.05, 0.1) is 19.3 Å². The minimum absolute atomic E-state index is 0.0712. The quantitative estimate of drug-likeness (QED) is 0.666. The summed E-state index contributed by atoms with van der Waals surface area (Å²) in [5.74, 6) is 0.00529. The van der Waals surface area contributed by atoms with Crippen LogP contribution in [0, 0.1) is 0 Å². The van der Waals surface area contributed by atoms with Gasteiger partial charge in [-0.2, -0.15) is 0 Å². The molecule has 19 heavy (non-hydrogen) atoms. The Balaban J connectivity index is 2.05. The smallest absolute Gasteiger partial charge is 0.341 e. The second-order valence-corrected chi connectivity index (χ2v) is 4.70. The predicted molar refractivity (Wildman–Crippen MR) is 71.3 cm³/mol. The number of anilines is 1. The molecule has 0 aromatic heterocycles. The molecule has 2 atom stereocenters. The standard InChI is InChI=1S/C14H19NO4/c1-9-3-5-11(19-9)8-18-13-7-10(15)4-6-12(13)14(16)17-2/h4,6-7,9,11H,3,5,8,15H2,1-2H3. The van der Waals surface area contributed by atoms with Crippen molar-refractivity contribution in [1.82, 2.24) is 0 Å². The third-order valence-corrected chi connectivity index (χ3v) is 3.16. The second kappa shape index (κ2) is 5.93. The summed E-state index contributed by atoms with van der Waals surface area (Å²) in [5, 5.41) is 0. The van der Waals surface area contributed by atoms with Gasteiger partial charge in [0.25, 0.3) is 0 Å². The van der Waals surface area contributed by atoms with E-state index in [0.717, 1.165) is 12.8 Å². The van der Waals surface area contributed by atoms with E-state index < -0.39 is 5.97 Å². The van der Waals surface area contributed by atoms with Crippen LogP contribution >= 0.6 is 0 Å². The highest BCUT2D eigenvalue weighted by Gasteiger charge is 2.23. The number of hydrogen-bond donors (Lipinski definition) is 1. The van der Waals surface area contributed by atoms with Crippen molar-refractivity contribution in [3.63, 3.8) is 0 Å². The monoisotopic (exact) mass is 265 g/mol. The SMILES string of the molecule is COC(=O)c1ccc(N)cc1OCC1CCC(C)O1. The average molecular weight is 265 g/mol. The summed E-state index contributed by atoms with van der Waals surface area (Å²) in [4.78, 5) is 11.6. The molecule has 0 saturated carbocycles. The number of hydrogen-bond acceptors (Lipinski definition) is 5. The van der Waals surface area contributed by atoms with Crippen molar-refractivity contribution in [2.75, 3.05) is 19.5 Å².